The minimum atomic E-state index is -0.457. The molecule has 0 unspecified atom stereocenters. The third kappa shape index (κ3) is 2.77. The van der Waals surface area contributed by atoms with Crippen molar-refractivity contribution in [2.45, 2.75) is 19.9 Å². The average molecular weight is 314 g/mol. The van der Waals surface area contributed by atoms with Gasteiger partial charge in [0.1, 0.15) is 11.4 Å². The van der Waals surface area contributed by atoms with Gasteiger partial charge in [0.2, 0.25) is 0 Å². The second-order valence-electron chi connectivity index (χ2n) is 5.52. The number of aryl methyl sites for hydroxylation is 1. The zero-order valence-electron chi connectivity index (χ0n) is 13.0. The molecule has 0 bridgehead atoms. The number of amides is 2. The number of aromatic nitrogens is 2. The van der Waals surface area contributed by atoms with E-state index in [9.17, 15) is 14.7 Å². The number of hydrogen-bond donors (Lipinski definition) is 2. The lowest BCUT2D eigenvalue weighted by Gasteiger charge is -2.22. The smallest absolute Gasteiger partial charge is 0.272 e. The Labute approximate surface area is 133 Å². The van der Waals surface area contributed by atoms with E-state index in [1.54, 1.807) is 40.9 Å². The molecule has 2 heterocycles. The molecule has 23 heavy (non-hydrogen) atoms. The quantitative estimate of drug-likeness (QED) is 0.898. The summed E-state index contributed by atoms with van der Waals surface area (Å²) in [5, 5.41) is 16.8. The first-order valence-corrected chi connectivity index (χ1v) is 7.46. The van der Waals surface area contributed by atoms with E-state index in [4.69, 9.17) is 0 Å². The van der Waals surface area contributed by atoms with E-state index >= 15 is 0 Å². The predicted molar refractivity (Wildman–Crippen MR) is 84.6 cm³/mol. The van der Waals surface area contributed by atoms with E-state index in [1.807, 2.05) is 6.92 Å². The highest BCUT2D eigenvalue weighted by atomic mass is 16.3. The van der Waals surface area contributed by atoms with Gasteiger partial charge in [0.05, 0.1) is 12.1 Å². The third-order valence-corrected chi connectivity index (χ3v) is 3.95. The number of carbonyl (C=O) groups excluding carboxylic acids is 2. The Morgan fingerprint density at radius 1 is 1.35 bits per heavy atom. The number of benzene rings is 1. The molecule has 2 amide bonds. The van der Waals surface area contributed by atoms with Crippen LogP contribution in [0, 0.1) is 0 Å². The van der Waals surface area contributed by atoms with Crippen LogP contribution in [0.25, 0.3) is 0 Å². The Morgan fingerprint density at radius 2 is 2.13 bits per heavy atom. The van der Waals surface area contributed by atoms with Gasteiger partial charge in [-0.25, -0.2) is 0 Å². The first kappa shape index (κ1) is 15.1. The van der Waals surface area contributed by atoms with Crippen LogP contribution in [0.5, 0.6) is 5.75 Å². The van der Waals surface area contributed by atoms with Gasteiger partial charge in [-0.15, -0.1) is 0 Å². The molecule has 0 spiro atoms. The summed E-state index contributed by atoms with van der Waals surface area (Å²) in [7, 11) is 1.73. The van der Waals surface area contributed by atoms with Crippen molar-refractivity contribution in [3.8, 4) is 5.75 Å². The van der Waals surface area contributed by atoms with Gasteiger partial charge in [-0.3, -0.25) is 14.3 Å². The molecule has 1 aliphatic heterocycles. The number of phenols is 1. The lowest BCUT2D eigenvalue weighted by Crippen LogP contribution is -2.37. The zero-order valence-corrected chi connectivity index (χ0v) is 13.0. The van der Waals surface area contributed by atoms with Gasteiger partial charge in [-0.05, 0) is 24.1 Å². The molecule has 1 aromatic heterocycles. The van der Waals surface area contributed by atoms with Crippen molar-refractivity contribution in [2.24, 2.45) is 0 Å². The molecule has 1 aromatic carbocycles. The second kappa shape index (κ2) is 5.75. The highest BCUT2D eigenvalue weighted by Crippen LogP contribution is 2.21. The Bertz CT molecular complexity index is 782. The monoisotopic (exact) mass is 314 g/mol. The number of phenolic OH excluding ortho intramolecular Hbond substituents is 1. The van der Waals surface area contributed by atoms with Crippen molar-refractivity contribution in [1.29, 1.82) is 0 Å². The summed E-state index contributed by atoms with van der Waals surface area (Å²) in [6, 6.07) is 6.50. The predicted octanol–water partition coefficient (Wildman–Crippen LogP) is 1.49. The third-order valence-electron chi connectivity index (χ3n) is 3.95. The van der Waals surface area contributed by atoms with Crippen LogP contribution in [0.3, 0.4) is 0 Å². The van der Waals surface area contributed by atoms with Crippen LogP contribution in [-0.4, -0.2) is 45.2 Å². The normalized spacial score (nSPS) is 13.8. The van der Waals surface area contributed by atoms with E-state index < -0.39 is 5.91 Å². The molecule has 120 valence electrons. The topological polar surface area (TPSA) is 87.5 Å². The van der Waals surface area contributed by atoms with E-state index in [0.717, 1.165) is 12.0 Å². The fourth-order valence-corrected chi connectivity index (χ4v) is 2.54. The van der Waals surface area contributed by atoms with Gasteiger partial charge in [-0.2, -0.15) is 5.10 Å². The van der Waals surface area contributed by atoms with E-state index in [1.165, 1.54) is 0 Å². The Kier molecular flexibility index (Phi) is 3.77. The van der Waals surface area contributed by atoms with Gasteiger partial charge in [0.25, 0.3) is 11.8 Å². The number of likely N-dealkylation sites (N-methyl/N-ethyl adjacent to an activating group) is 1. The summed E-state index contributed by atoms with van der Waals surface area (Å²) < 4.78 is 1.58. The van der Waals surface area contributed by atoms with Crippen LogP contribution < -0.4 is 5.32 Å². The molecule has 1 aliphatic rings. The number of nitrogens with one attached hydrogen (secondary N) is 1. The molecular formula is C16H18N4O3. The number of aromatic hydroxyl groups is 1. The molecule has 2 N–H and O–H groups in total. The summed E-state index contributed by atoms with van der Waals surface area (Å²) in [6.45, 7) is 3.14. The molecule has 0 saturated carbocycles. The highest BCUT2D eigenvalue weighted by Gasteiger charge is 2.24. The maximum Gasteiger partial charge on any atom is 0.272 e. The average Bonchev–Trinajstić information content (AvgIpc) is 2.94. The summed E-state index contributed by atoms with van der Waals surface area (Å²) in [5.41, 5.74) is 1.57. The number of carbonyl (C=O) groups is 2. The van der Waals surface area contributed by atoms with Crippen LogP contribution in [0.15, 0.2) is 24.3 Å². The number of anilines is 1. The van der Waals surface area contributed by atoms with Gasteiger partial charge in [0, 0.05) is 19.7 Å². The SMILES string of the molecule is CCc1ccc(C(=O)Nc2cc3n(n2)CCN(C)C3=O)c(O)c1. The minimum Gasteiger partial charge on any atom is -0.507 e. The Hall–Kier alpha value is -2.83. The van der Waals surface area contributed by atoms with Crippen molar-refractivity contribution in [2.75, 3.05) is 18.9 Å². The first-order valence-electron chi connectivity index (χ1n) is 7.46. The van der Waals surface area contributed by atoms with Crippen molar-refractivity contribution in [1.82, 2.24) is 14.7 Å². The molecular weight excluding hydrogens is 296 g/mol. The molecule has 0 saturated heterocycles. The molecule has 0 aliphatic carbocycles. The van der Waals surface area contributed by atoms with Gasteiger partial charge >= 0.3 is 0 Å². The van der Waals surface area contributed by atoms with E-state index in [0.29, 0.717) is 24.6 Å². The summed E-state index contributed by atoms with van der Waals surface area (Å²) in [6.07, 6.45) is 0.777. The molecule has 7 heteroatoms. The van der Waals surface area contributed by atoms with Crippen LogP contribution in [0.2, 0.25) is 0 Å². The Balaban J connectivity index is 1.81. The van der Waals surface area contributed by atoms with Gasteiger partial charge in [0.15, 0.2) is 5.82 Å². The van der Waals surface area contributed by atoms with Crippen LogP contribution in [0.1, 0.15) is 33.3 Å². The lowest BCUT2D eigenvalue weighted by atomic mass is 10.1. The number of fused-ring (bicyclic) bond motifs is 1. The largest absolute Gasteiger partial charge is 0.507 e. The fraction of sp³-hybridized carbons (Fsp3) is 0.312. The van der Waals surface area contributed by atoms with Crippen molar-refractivity contribution in [3.05, 3.63) is 41.1 Å². The molecule has 2 aromatic rings. The summed E-state index contributed by atoms with van der Waals surface area (Å²) >= 11 is 0. The molecule has 0 radical (unpaired) electrons. The fourth-order valence-electron chi connectivity index (χ4n) is 2.54. The molecule has 0 atom stereocenters. The van der Waals surface area contributed by atoms with Crippen LogP contribution in [0.4, 0.5) is 5.82 Å². The number of rotatable bonds is 3. The van der Waals surface area contributed by atoms with Gasteiger partial charge in [-0.1, -0.05) is 13.0 Å². The first-order chi connectivity index (χ1) is 11.0. The Morgan fingerprint density at radius 3 is 2.83 bits per heavy atom. The molecule has 7 nitrogen and oxygen atoms in total. The maximum atomic E-state index is 12.3. The second-order valence-corrected chi connectivity index (χ2v) is 5.52. The molecule has 3 rings (SSSR count). The van der Waals surface area contributed by atoms with Gasteiger partial charge < -0.3 is 15.3 Å². The highest BCUT2D eigenvalue weighted by molar-refractivity contribution is 6.06. The van der Waals surface area contributed by atoms with Crippen molar-refractivity contribution in [3.63, 3.8) is 0 Å². The number of nitrogens with zero attached hydrogens (tertiary/aromatic N) is 3. The number of hydrogen-bond acceptors (Lipinski definition) is 4. The summed E-state index contributed by atoms with van der Waals surface area (Å²) in [5.74, 6) is -0.352. The van der Waals surface area contributed by atoms with E-state index in [-0.39, 0.29) is 17.2 Å². The minimum absolute atomic E-state index is 0.0679. The van der Waals surface area contributed by atoms with Crippen LogP contribution >= 0.6 is 0 Å². The van der Waals surface area contributed by atoms with Crippen molar-refractivity contribution < 1.29 is 14.7 Å². The maximum absolute atomic E-state index is 12.3. The lowest BCUT2D eigenvalue weighted by molar-refractivity contribution is 0.0742. The summed E-state index contributed by atoms with van der Waals surface area (Å²) in [4.78, 5) is 25.9. The van der Waals surface area contributed by atoms with Crippen molar-refractivity contribution >= 4 is 17.6 Å². The molecule has 0 fully saturated rings. The zero-order chi connectivity index (χ0) is 16.6. The van der Waals surface area contributed by atoms with Crippen LogP contribution in [-0.2, 0) is 13.0 Å². The van der Waals surface area contributed by atoms with E-state index in [2.05, 4.69) is 10.4 Å². The standard InChI is InChI=1S/C16H18N4O3/c1-3-10-4-5-11(13(21)8-10)15(22)17-14-9-12-16(23)19(2)6-7-20(12)18-14/h4-5,8-9,21H,3,6-7H2,1-2H3,(H,17,18,22).